The first-order valence-corrected chi connectivity index (χ1v) is 6.57. The third kappa shape index (κ3) is 3.88. The Hall–Kier alpha value is -0.760. The van der Waals surface area contributed by atoms with Crippen LogP contribution in [-0.4, -0.2) is 6.54 Å². The van der Waals surface area contributed by atoms with E-state index >= 15 is 0 Å². The van der Waals surface area contributed by atoms with Gasteiger partial charge >= 0.3 is 0 Å². The van der Waals surface area contributed by atoms with Gasteiger partial charge in [0.2, 0.25) is 0 Å². The van der Waals surface area contributed by atoms with Crippen LogP contribution in [0.5, 0.6) is 0 Å². The van der Waals surface area contributed by atoms with Crippen molar-refractivity contribution in [3.63, 3.8) is 0 Å². The lowest BCUT2D eigenvalue weighted by atomic mass is 9.69. The smallest absolute Gasteiger partial charge is 0.125 e. The van der Waals surface area contributed by atoms with Crippen molar-refractivity contribution >= 4 is 18.1 Å². The fraction of sp³-hybridized carbons (Fsp3) is 0.600. The molecule has 1 aromatic rings. The molecule has 102 valence electrons. The molecule has 1 fully saturated rings. The van der Waals surface area contributed by atoms with Crippen LogP contribution in [0.1, 0.15) is 39.5 Å². The van der Waals surface area contributed by atoms with Gasteiger partial charge in [0.15, 0.2) is 0 Å². The van der Waals surface area contributed by atoms with E-state index < -0.39 is 0 Å². The van der Waals surface area contributed by atoms with Crippen LogP contribution < -0.4 is 5.32 Å². The predicted molar refractivity (Wildman–Crippen MR) is 77.9 cm³/mol. The summed E-state index contributed by atoms with van der Waals surface area (Å²) >= 11 is 0. The van der Waals surface area contributed by atoms with E-state index in [1.54, 1.807) is 12.1 Å². The van der Waals surface area contributed by atoms with Gasteiger partial charge in [-0.3, -0.25) is 0 Å². The second-order valence-electron chi connectivity index (χ2n) is 5.82. The highest BCUT2D eigenvalue weighted by Gasteiger charge is 2.31. The fourth-order valence-corrected chi connectivity index (χ4v) is 2.78. The molecule has 0 saturated heterocycles. The van der Waals surface area contributed by atoms with Crippen LogP contribution in [0.2, 0.25) is 0 Å². The fourth-order valence-electron chi connectivity index (χ4n) is 2.78. The average Bonchev–Trinajstić information content (AvgIpc) is 2.27. The van der Waals surface area contributed by atoms with Crippen molar-refractivity contribution < 1.29 is 4.39 Å². The van der Waals surface area contributed by atoms with Crippen molar-refractivity contribution in [1.29, 1.82) is 0 Å². The lowest BCUT2D eigenvalue weighted by Gasteiger charge is -2.39. The summed E-state index contributed by atoms with van der Waals surface area (Å²) < 4.78 is 13.0. The van der Waals surface area contributed by atoms with Crippen molar-refractivity contribution in [3.8, 4) is 0 Å². The van der Waals surface area contributed by atoms with Crippen LogP contribution in [0, 0.1) is 17.2 Å². The van der Waals surface area contributed by atoms with Crippen molar-refractivity contribution in [2.24, 2.45) is 11.3 Å². The normalized spacial score (nSPS) is 22.1. The molecule has 0 radical (unpaired) electrons. The summed E-state index contributed by atoms with van der Waals surface area (Å²) in [7, 11) is 0. The van der Waals surface area contributed by atoms with Crippen LogP contribution in [0.15, 0.2) is 24.3 Å². The number of benzene rings is 1. The lowest BCUT2D eigenvalue weighted by molar-refractivity contribution is 0.148. The molecule has 0 amide bonds. The first-order valence-electron chi connectivity index (χ1n) is 6.57. The Morgan fingerprint density at radius 2 is 2.11 bits per heavy atom. The summed E-state index contributed by atoms with van der Waals surface area (Å²) in [5, 5.41) is 3.37. The van der Waals surface area contributed by atoms with Gasteiger partial charge in [-0.05, 0) is 42.4 Å². The van der Waals surface area contributed by atoms with E-state index in [4.69, 9.17) is 0 Å². The monoisotopic (exact) mass is 271 g/mol. The average molecular weight is 272 g/mol. The zero-order chi connectivity index (χ0) is 12.3. The maximum atomic E-state index is 13.0. The lowest BCUT2D eigenvalue weighted by Crippen LogP contribution is -2.33. The number of hydrogen-bond acceptors (Lipinski definition) is 1. The minimum atomic E-state index is -0.169. The molecule has 0 bridgehead atoms. The number of nitrogens with one attached hydrogen (secondary N) is 1. The standard InChI is InChI=1S/C15H22FN.ClH/c1-15(2)9-4-3-6-12(15)11-17-14-8-5-7-13(16)10-14;/h5,7-8,10,12,17H,3-4,6,9,11H2,1-2H3;1H. The second kappa shape index (κ2) is 6.42. The molecular weight excluding hydrogens is 249 g/mol. The zero-order valence-electron chi connectivity index (χ0n) is 11.2. The van der Waals surface area contributed by atoms with E-state index in [1.165, 1.54) is 31.7 Å². The first kappa shape index (κ1) is 15.3. The van der Waals surface area contributed by atoms with Crippen molar-refractivity contribution in [2.45, 2.75) is 39.5 Å². The molecule has 1 unspecified atom stereocenters. The third-order valence-corrected chi connectivity index (χ3v) is 4.11. The van der Waals surface area contributed by atoms with Gasteiger partial charge in [-0.1, -0.05) is 32.8 Å². The van der Waals surface area contributed by atoms with Gasteiger partial charge in [-0.15, -0.1) is 12.4 Å². The summed E-state index contributed by atoms with van der Waals surface area (Å²) in [6.07, 6.45) is 5.28. The molecule has 0 aliphatic heterocycles. The van der Waals surface area contributed by atoms with Crippen LogP contribution in [0.4, 0.5) is 10.1 Å². The molecule has 0 spiro atoms. The van der Waals surface area contributed by atoms with Gasteiger partial charge in [0.05, 0.1) is 0 Å². The SMILES string of the molecule is CC1(C)CCCCC1CNc1cccc(F)c1.Cl. The minimum absolute atomic E-state index is 0. The van der Waals surface area contributed by atoms with Gasteiger partial charge in [0.25, 0.3) is 0 Å². The summed E-state index contributed by atoms with van der Waals surface area (Å²) in [5.41, 5.74) is 1.31. The Labute approximate surface area is 116 Å². The van der Waals surface area contributed by atoms with Crippen molar-refractivity contribution in [1.82, 2.24) is 0 Å². The molecule has 0 heterocycles. The number of hydrogen-bond donors (Lipinski definition) is 1. The van der Waals surface area contributed by atoms with E-state index in [2.05, 4.69) is 19.2 Å². The van der Waals surface area contributed by atoms with Crippen LogP contribution in [0.3, 0.4) is 0 Å². The molecule has 1 saturated carbocycles. The van der Waals surface area contributed by atoms with E-state index in [1.807, 2.05) is 6.07 Å². The number of halogens is 2. The molecule has 0 aromatic heterocycles. The Balaban J connectivity index is 0.00000162. The summed E-state index contributed by atoms with van der Waals surface area (Å²) in [6.45, 7) is 5.66. The third-order valence-electron chi connectivity index (χ3n) is 4.11. The van der Waals surface area contributed by atoms with E-state index in [-0.39, 0.29) is 18.2 Å². The van der Waals surface area contributed by atoms with E-state index in [9.17, 15) is 4.39 Å². The molecule has 2 rings (SSSR count). The van der Waals surface area contributed by atoms with Gasteiger partial charge in [-0.25, -0.2) is 4.39 Å². The van der Waals surface area contributed by atoms with E-state index in [0.717, 1.165) is 12.2 Å². The molecule has 1 aliphatic carbocycles. The van der Waals surface area contributed by atoms with Gasteiger partial charge in [0.1, 0.15) is 5.82 Å². The van der Waals surface area contributed by atoms with Gasteiger partial charge in [-0.2, -0.15) is 0 Å². The largest absolute Gasteiger partial charge is 0.385 e. The highest BCUT2D eigenvalue weighted by atomic mass is 35.5. The maximum Gasteiger partial charge on any atom is 0.125 e. The molecule has 3 heteroatoms. The van der Waals surface area contributed by atoms with Gasteiger partial charge < -0.3 is 5.32 Å². The molecule has 1 nitrogen and oxygen atoms in total. The zero-order valence-corrected chi connectivity index (χ0v) is 12.0. The molecule has 1 N–H and O–H groups in total. The van der Waals surface area contributed by atoms with Gasteiger partial charge in [0, 0.05) is 12.2 Å². The maximum absolute atomic E-state index is 13.0. The van der Waals surface area contributed by atoms with Crippen molar-refractivity contribution in [2.75, 3.05) is 11.9 Å². The summed E-state index contributed by atoms with van der Waals surface area (Å²) in [5.74, 6) is 0.525. The number of anilines is 1. The Kier molecular flexibility index (Phi) is 5.46. The predicted octanol–water partition coefficient (Wildman–Crippen LogP) is 4.88. The Morgan fingerprint density at radius 1 is 1.33 bits per heavy atom. The number of rotatable bonds is 3. The second-order valence-corrected chi connectivity index (χ2v) is 5.82. The summed E-state index contributed by atoms with van der Waals surface area (Å²) in [4.78, 5) is 0. The minimum Gasteiger partial charge on any atom is -0.385 e. The van der Waals surface area contributed by atoms with Crippen molar-refractivity contribution in [3.05, 3.63) is 30.1 Å². The first-order chi connectivity index (χ1) is 8.08. The highest BCUT2D eigenvalue weighted by molar-refractivity contribution is 5.85. The van der Waals surface area contributed by atoms with Crippen LogP contribution in [-0.2, 0) is 0 Å². The Bertz CT molecular complexity index is 379. The molecule has 1 aliphatic rings. The molecule has 18 heavy (non-hydrogen) atoms. The van der Waals surface area contributed by atoms with Crippen LogP contribution in [0.25, 0.3) is 0 Å². The Morgan fingerprint density at radius 3 is 2.78 bits per heavy atom. The summed E-state index contributed by atoms with van der Waals surface area (Å²) in [6, 6.07) is 6.73. The quantitative estimate of drug-likeness (QED) is 0.826. The molecule has 1 aromatic carbocycles. The highest BCUT2D eigenvalue weighted by Crippen LogP contribution is 2.40. The van der Waals surface area contributed by atoms with E-state index in [0.29, 0.717) is 11.3 Å². The molecule has 1 atom stereocenters. The topological polar surface area (TPSA) is 12.0 Å². The molecular formula is C15H23ClFN. The van der Waals surface area contributed by atoms with Crippen LogP contribution >= 0.6 is 12.4 Å².